The summed E-state index contributed by atoms with van der Waals surface area (Å²) in [4.78, 5) is 13.3. The maximum Gasteiger partial charge on any atom is 0.303 e. The summed E-state index contributed by atoms with van der Waals surface area (Å²) in [6.45, 7) is 14.5. The Bertz CT molecular complexity index is 624. The van der Waals surface area contributed by atoms with Crippen LogP contribution in [0.3, 0.4) is 0 Å². The van der Waals surface area contributed by atoms with Crippen LogP contribution in [0, 0.1) is 5.92 Å². The second-order valence-electron chi connectivity index (χ2n) is 9.40. The van der Waals surface area contributed by atoms with E-state index in [1.54, 1.807) is 0 Å². The molecular formula is C22H37NO3Si. The number of carbonyl (C=O) groups is 1. The van der Waals surface area contributed by atoms with Crippen LogP contribution in [-0.2, 0) is 15.6 Å². The van der Waals surface area contributed by atoms with Crippen molar-refractivity contribution in [3.63, 3.8) is 0 Å². The molecule has 2 rings (SSSR count). The molecule has 1 aliphatic heterocycles. The molecule has 0 bridgehead atoms. The van der Waals surface area contributed by atoms with Gasteiger partial charge in [-0.05, 0) is 61.4 Å². The van der Waals surface area contributed by atoms with E-state index in [0.717, 1.165) is 26.1 Å². The largest absolute Gasteiger partial charge is 0.481 e. The highest BCUT2D eigenvalue weighted by Gasteiger charge is 2.38. The lowest BCUT2D eigenvalue weighted by Crippen LogP contribution is -2.44. The summed E-state index contributed by atoms with van der Waals surface area (Å²) in [6.07, 6.45) is 4.17. The first-order valence-electron chi connectivity index (χ1n) is 10.3. The van der Waals surface area contributed by atoms with Crippen LogP contribution in [-0.4, -0.2) is 39.1 Å². The highest BCUT2D eigenvalue weighted by Crippen LogP contribution is 2.37. The molecule has 4 nitrogen and oxygen atoms in total. The van der Waals surface area contributed by atoms with Crippen LogP contribution in [0.4, 0.5) is 5.69 Å². The molecule has 0 saturated carbocycles. The minimum Gasteiger partial charge on any atom is -0.481 e. The summed E-state index contributed by atoms with van der Waals surface area (Å²) in [5.74, 6) is -0.145. The highest BCUT2D eigenvalue weighted by atomic mass is 28.4. The number of aryl methyl sites for hydroxylation is 1. The number of benzene rings is 1. The molecule has 1 unspecified atom stereocenters. The Kier molecular flexibility index (Phi) is 7.52. The fourth-order valence-electron chi connectivity index (χ4n) is 3.42. The predicted octanol–water partition coefficient (Wildman–Crippen LogP) is 5.33. The molecule has 1 saturated heterocycles. The van der Waals surface area contributed by atoms with E-state index in [1.165, 1.54) is 24.1 Å². The number of hydrogen-bond donors (Lipinski definition) is 1. The van der Waals surface area contributed by atoms with E-state index in [4.69, 9.17) is 9.53 Å². The molecule has 1 aliphatic rings. The molecule has 1 N–H and O–H groups in total. The van der Waals surface area contributed by atoms with Gasteiger partial charge in [-0.2, -0.15) is 0 Å². The van der Waals surface area contributed by atoms with Crippen molar-refractivity contribution in [2.75, 3.05) is 24.6 Å². The quantitative estimate of drug-likeness (QED) is 0.608. The number of piperidine rings is 1. The highest BCUT2D eigenvalue weighted by molar-refractivity contribution is 6.74. The summed E-state index contributed by atoms with van der Waals surface area (Å²) in [5.41, 5.74) is 2.55. The number of carboxylic acids is 1. The molecule has 0 spiro atoms. The average Bonchev–Trinajstić information content (AvgIpc) is 2.59. The standard InChI is InChI=1S/C22H37NO3Si/c1-22(2,3)27(4,5)26-17-18-10-9-15-23(16-18)20-13-7-6-11-19(20)12-8-14-21(24)25/h6-7,11,13,18H,8-10,12,14-17H2,1-5H3,(H,24,25). The van der Waals surface area contributed by atoms with Gasteiger partial charge >= 0.3 is 5.97 Å². The molecular weight excluding hydrogens is 354 g/mol. The van der Waals surface area contributed by atoms with E-state index in [-0.39, 0.29) is 11.5 Å². The van der Waals surface area contributed by atoms with Gasteiger partial charge in [0.2, 0.25) is 0 Å². The Hall–Kier alpha value is -1.33. The van der Waals surface area contributed by atoms with E-state index in [0.29, 0.717) is 12.3 Å². The number of hydrogen-bond acceptors (Lipinski definition) is 3. The minimum absolute atomic E-state index is 0.233. The van der Waals surface area contributed by atoms with Gasteiger partial charge in [-0.15, -0.1) is 0 Å². The van der Waals surface area contributed by atoms with Crippen LogP contribution in [0.2, 0.25) is 18.1 Å². The lowest BCUT2D eigenvalue weighted by molar-refractivity contribution is -0.137. The van der Waals surface area contributed by atoms with E-state index in [1.807, 2.05) is 0 Å². The average molecular weight is 392 g/mol. The number of rotatable bonds is 8. The van der Waals surface area contributed by atoms with E-state index in [9.17, 15) is 4.79 Å². The molecule has 1 aromatic rings. The summed E-state index contributed by atoms with van der Waals surface area (Å²) in [7, 11) is -1.70. The molecule has 27 heavy (non-hydrogen) atoms. The fraction of sp³-hybridized carbons (Fsp3) is 0.682. The topological polar surface area (TPSA) is 49.8 Å². The van der Waals surface area contributed by atoms with E-state index >= 15 is 0 Å². The van der Waals surface area contributed by atoms with Gasteiger partial charge in [0.1, 0.15) is 0 Å². The van der Waals surface area contributed by atoms with Crippen molar-refractivity contribution in [1.29, 1.82) is 0 Å². The molecule has 152 valence electrons. The van der Waals surface area contributed by atoms with Crippen LogP contribution < -0.4 is 4.90 Å². The van der Waals surface area contributed by atoms with Gasteiger partial charge < -0.3 is 14.4 Å². The monoisotopic (exact) mass is 391 g/mol. The van der Waals surface area contributed by atoms with E-state index < -0.39 is 14.3 Å². The first kappa shape index (κ1) is 22.0. The SMILES string of the molecule is CC(C)(C)[Si](C)(C)OCC1CCCN(c2ccccc2CCCC(=O)O)C1. The van der Waals surface area contributed by atoms with Gasteiger partial charge in [0, 0.05) is 31.8 Å². The van der Waals surface area contributed by atoms with Crippen molar-refractivity contribution < 1.29 is 14.3 Å². The molecule has 0 aromatic heterocycles. The van der Waals surface area contributed by atoms with E-state index in [2.05, 4.69) is 63.0 Å². The second-order valence-corrected chi connectivity index (χ2v) is 14.2. The van der Waals surface area contributed by atoms with Crippen molar-refractivity contribution >= 4 is 20.0 Å². The van der Waals surface area contributed by atoms with Crippen molar-refractivity contribution in [2.24, 2.45) is 5.92 Å². The molecule has 1 aromatic carbocycles. The molecule has 0 aliphatic carbocycles. The lowest BCUT2D eigenvalue weighted by Gasteiger charge is -2.40. The first-order chi connectivity index (χ1) is 12.6. The molecule has 0 amide bonds. The van der Waals surface area contributed by atoms with Gasteiger partial charge in [0.05, 0.1) is 0 Å². The Labute approximate surface area is 166 Å². The van der Waals surface area contributed by atoms with Crippen LogP contribution in [0.5, 0.6) is 0 Å². The molecule has 1 atom stereocenters. The zero-order valence-corrected chi connectivity index (χ0v) is 18.8. The van der Waals surface area contributed by atoms with Crippen molar-refractivity contribution in [1.82, 2.24) is 0 Å². The van der Waals surface area contributed by atoms with Crippen LogP contribution in [0.25, 0.3) is 0 Å². The van der Waals surface area contributed by atoms with Gasteiger partial charge in [-0.25, -0.2) is 0 Å². The fourth-order valence-corrected chi connectivity index (χ4v) is 4.51. The minimum atomic E-state index is -1.70. The van der Waals surface area contributed by atoms with Crippen molar-refractivity contribution in [3.05, 3.63) is 29.8 Å². The van der Waals surface area contributed by atoms with Gasteiger partial charge in [0.15, 0.2) is 8.32 Å². The maximum absolute atomic E-state index is 10.8. The smallest absolute Gasteiger partial charge is 0.303 e. The van der Waals surface area contributed by atoms with Crippen LogP contribution in [0.15, 0.2) is 24.3 Å². The number of nitrogens with zero attached hydrogens (tertiary/aromatic N) is 1. The molecule has 1 fully saturated rings. The Morgan fingerprint density at radius 3 is 2.67 bits per heavy atom. The number of para-hydroxylation sites is 1. The molecule has 1 heterocycles. The lowest BCUT2D eigenvalue weighted by atomic mass is 9.97. The van der Waals surface area contributed by atoms with Gasteiger partial charge in [-0.3, -0.25) is 4.79 Å². The number of aliphatic carboxylic acids is 1. The number of anilines is 1. The predicted molar refractivity (Wildman–Crippen MR) is 115 cm³/mol. The second kappa shape index (κ2) is 9.24. The zero-order chi connectivity index (χ0) is 20.1. The van der Waals surface area contributed by atoms with Crippen LogP contribution in [0.1, 0.15) is 52.0 Å². The Balaban J connectivity index is 1.99. The summed E-state index contributed by atoms with van der Waals surface area (Å²) in [6, 6.07) is 8.48. The maximum atomic E-state index is 10.8. The van der Waals surface area contributed by atoms with Gasteiger partial charge in [0.25, 0.3) is 0 Å². The number of carboxylic acid groups (broad SMARTS) is 1. The normalized spacial score (nSPS) is 18.6. The summed E-state index contributed by atoms with van der Waals surface area (Å²) in [5, 5.41) is 9.15. The van der Waals surface area contributed by atoms with Gasteiger partial charge in [-0.1, -0.05) is 39.0 Å². The molecule has 0 radical (unpaired) electrons. The Morgan fingerprint density at radius 1 is 1.30 bits per heavy atom. The molecule has 5 heteroatoms. The van der Waals surface area contributed by atoms with Crippen molar-refractivity contribution in [3.8, 4) is 0 Å². The summed E-state index contributed by atoms with van der Waals surface area (Å²) >= 11 is 0. The zero-order valence-electron chi connectivity index (χ0n) is 17.8. The first-order valence-corrected chi connectivity index (χ1v) is 13.2. The van der Waals surface area contributed by atoms with Crippen molar-refractivity contribution in [2.45, 2.75) is 71.0 Å². The summed E-state index contributed by atoms with van der Waals surface area (Å²) < 4.78 is 6.49. The third-order valence-corrected chi connectivity index (χ3v) is 10.7. The third kappa shape index (κ3) is 6.35. The third-order valence-electron chi connectivity index (χ3n) is 6.17. The Morgan fingerprint density at radius 2 is 2.00 bits per heavy atom. The van der Waals surface area contributed by atoms with Crippen LogP contribution >= 0.6 is 0 Å².